The molecule has 2 rings (SSSR count). The van der Waals surface area contributed by atoms with Crippen molar-refractivity contribution in [3.63, 3.8) is 0 Å². The summed E-state index contributed by atoms with van der Waals surface area (Å²) in [6.45, 7) is 4.24. The summed E-state index contributed by atoms with van der Waals surface area (Å²) in [5, 5.41) is 0.375. The number of halogens is 1. The van der Waals surface area contributed by atoms with Crippen LogP contribution in [0.5, 0.6) is 0 Å². The molecule has 3 N–H and O–H groups in total. The van der Waals surface area contributed by atoms with Crippen molar-refractivity contribution < 1.29 is 8.42 Å². The van der Waals surface area contributed by atoms with Crippen molar-refractivity contribution in [1.82, 2.24) is 4.72 Å². The Morgan fingerprint density at radius 1 is 1.50 bits per heavy atom. The second kappa shape index (κ2) is 5.75. The number of nitrogens with one attached hydrogen (secondary N) is 1. The van der Waals surface area contributed by atoms with Crippen molar-refractivity contribution >= 4 is 39.1 Å². The molecule has 0 aromatic heterocycles. The van der Waals surface area contributed by atoms with Crippen molar-refractivity contribution in [2.45, 2.75) is 36.3 Å². The molecule has 112 valence electrons. The fourth-order valence-corrected chi connectivity index (χ4v) is 5.24. The SMILES string of the molecule is Cc1cc(Cl)c(N)cc1S(=O)(=O)NCC1(C)CCCS1. The highest BCUT2D eigenvalue weighted by molar-refractivity contribution is 8.01. The minimum absolute atomic E-state index is 0.0149. The van der Waals surface area contributed by atoms with Gasteiger partial charge in [0.1, 0.15) is 0 Å². The van der Waals surface area contributed by atoms with Gasteiger partial charge in [0, 0.05) is 11.3 Å². The summed E-state index contributed by atoms with van der Waals surface area (Å²) in [4.78, 5) is 0.200. The Morgan fingerprint density at radius 2 is 2.20 bits per heavy atom. The Morgan fingerprint density at radius 3 is 2.80 bits per heavy atom. The van der Waals surface area contributed by atoms with Crippen LogP contribution in [0.15, 0.2) is 17.0 Å². The van der Waals surface area contributed by atoms with Crippen LogP contribution in [0.1, 0.15) is 25.3 Å². The number of nitrogen functional groups attached to an aromatic ring is 1. The Hall–Kier alpha value is -0.430. The van der Waals surface area contributed by atoms with Crippen molar-refractivity contribution in [3.8, 4) is 0 Å². The minimum Gasteiger partial charge on any atom is -0.397 e. The molecule has 0 saturated carbocycles. The molecule has 1 aromatic carbocycles. The molecule has 1 saturated heterocycles. The standard InChI is InChI=1S/C13H19ClN2O2S2/c1-9-6-10(14)11(15)7-12(9)20(17,18)16-8-13(2)4-3-5-19-13/h6-7,16H,3-5,8,15H2,1-2H3. The third-order valence-corrected chi connectivity index (χ3v) is 6.93. The number of aryl methyl sites for hydroxylation is 1. The first-order chi connectivity index (χ1) is 9.23. The van der Waals surface area contributed by atoms with E-state index in [2.05, 4.69) is 11.6 Å². The Balaban J connectivity index is 2.20. The number of anilines is 1. The van der Waals surface area contributed by atoms with Gasteiger partial charge in [0.05, 0.1) is 15.6 Å². The number of benzene rings is 1. The van der Waals surface area contributed by atoms with Gasteiger partial charge in [0.2, 0.25) is 10.0 Å². The summed E-state index contributed by atoms with van der Waals surface area (Å²) in [5.41, 5.74) is 6.58. The van der Waals surface area contributed by atoms with Crippen LogP contribution >= 0.6 is 23.4 Å². The van der Waals surface area contributed by atoms with Crippen molar-refractivity contribution in [3.05, 3.63) is 22.7 Å². The Bertz CT molecular complexity index is 611. The molecule has 0 bridgehead atoms. The van der Waals surface area contributed by atoms with Crippen LogP contribution in [0, 0.1) is 6.92 Å². The van der Waals surface area contributed by atoms with E-state index >= 15 is 0 Å². The molecule has 0 radical (unpaired) electrons. The normalized spacial score (nSPS) is 23.1. The van der Waals surface area contributed by atoms with E-state index < -0.39 is 10.0 Å². The first-order valence-electron chi connectivity index (χ1n) is 6.43. The third kappa shape index (κ3) is 3.42. The highest BCUT2D eigenvalue weighted by Crippen LogP contribution is 2.37. The number of sulfonamides is 1. The lowest BCUT2D eigenvalue weighted by Gasteiger charge is -2.23. The van der Waals surface area contributed by atoms with Crippen LogP contribution in [0.3, 0.4) is 0 Å². The van der Waals surface area contributed by atoms with E-state index in [1.54, 1.807) is 13.0 Å². The largest absolute Gasteiger partial charge is 0.397 e. The summed E-state index contributed by atoms with van der Waals surface area (Å²) in [6.07, 6.45) is 2.16. The van der Waals surface area contributed by atoms with Gasteiger partial charge in [-0.3, -0.25) is 0 Å². The minimum atomic E-state index is -3.56. The number of hydrogen-bond acceptors (Lipinski definition) is 4. The monoisotopic (exact) mass is 334 g/mol. The lowest BCUT2D eigenvalue weighted by Crippen LogP contribution is -2.37. The molecule has 1 unspecified atom stereocenters. The zero-order chi connectivity index (χ0) is 15.0. The smallest absolute Gasteiger partial charge is 0.240 e. The van der Waals surface area contributed by atoms with Gasteiger partial charge in [-0.1, -0.05) is 11.6 Å². The molecule has 1 aliphatic rings. The molecule has 0 amide bonds. The molecule has 1 heterocycles. The molecule has 1 fully saturated rings. The summed E-state index contributed by atoms with van der Waals surface area (Å²) in [5.74, 6) is 1.09. The average molecular weight is 335 g/mol. The van der Waals surface area contributed by atoms with Gasteiger partial charge >= 0.3 is 0 Å². The van der Waals surface area contributed by atoms with Crippen LogP contribution in [0.2, 0.25) is 5.02 Å². The van der Waals surface area contributed by atoms with Crippen LogP contribution in [-0.4, -0.2) is 25.5 Å². The molecular formula is C13H19ClN2O2S2. The Kier molecular flexibility index (Phi) is 4.59. The van der Waals surface area contributed by atoms with E-state index in [1.807, 2.05) is 11.8 Å². The highest BCUT2D eigenvalue weighted by Gasteiger charge is 2.31. The third-order valence-electron chi connectivity index (χ3n) is 3.52. The van der Waals surface area contributed by atoms with Gasteiger partial charge in [0.25, 0.3) is 0 Å². The molecule has 7 heteroatoms. The molecular weight excluding hydrogens is 316 g/mol. The van der Waals surface area contributed by atoms with Gasteiger partial charge in [0.15, 0.2) is 0 Å². The van der Waals surface area contributed by atoms with Gasteiger partial charge in [-0.25, -0.2) is 13.1 Å². The van der Waals surface area contributed by atoms with Crippen LogP contribution in [-0.2, 0) is 10.0 Å². The summed E-state index contributed by atoms with van der Waals surface area (Å²) in [7, 11) is -3.56. The van der Waals surface area contributed by atoms with E-state index in [9.17, 15) is 8.42 Å². The summed E-state index contributed by atoms with van der Waals surface area (Å²) >= 11 is 7.71. The number of thioether (sulfide) groups is 1. The van der Waals surface area contributed by atoms with E-state index in [4.69, 9.17) is 17.3 Å². The first kappa shape index (κ1) is 15.9. The Labute approximate surface area is 129 Å². The average Bonchev–Trinajstić information content (AvgIpc) is 2.79. The first-order valence-corrected chi connectivity index (χ1v) is 9.27. The molecule has 20 heavy (non-hydrogen) atoms. The maximum atomic E-state index is 12.4. The number of hydrogen-bond donors (Lipinski definition) is 2. The quantitative estimate of drug-likeness (QED) is 0.830. The molecule has 1 aliphatic heterocycles. The van der Waals surface area contributed by atoms with E-state index in [0.717, 1.165) is 18.6 Å². The van der Waals surface area contributed by atoms with Crippen LogP contribution < -0.4 is 10.5 Å². The van der Waals surface area contributed by atoms with E-state index in [1.165, 1.54) is 6.07 Å². The fourth-order valence-electron chi connectivity index (χ4n) is 2.26. The molecule has 1 atom stereocenters. The van der Waals surface area contributed by atoms with Gasteiger partial charge in [-0.2, -0.15) is 11.8 Å². The lowest BCUT2D eigenvalue weighted by atomic mass is 10.1. The summed E-state index contributed by atoms with van der Waals surface area (Å²) < 4.78 is 27.5. The van der Waals surface area contributed by atoms with Crippen molar-refractivity contribution in [1.29, 1.82) is 0 Å². The zero-order valence-electron chi connectivity index (χ0n) is 11.6. The van der Waals surface area contributed by atoms with E-state index in [-0.39, 0.29) is 15.3 Å². The van der Waals surface area contributed by atoms with E-state index in [0.29, 0.717) is 17.1 Å². The van der Waals surface area contributed by atoms with Gasteiger partial charge in [-0.15, -0.1) is 0 Å². The fraction of sp³-hybridized carbons (Fsp3) is 0.538. The second-order valence-electron chi connectivity index (χ2n) is 5.37. The molecule has 4 nitrogen and oxygen atoms in total. The van der Waals surface area contributed by atoms with Gasteiger partial charge in [-0.05, 0) is 50.1 Å². The lowest BCUT2D eigenvalue weighted by molar-refractivity contribution is 0.552. The van der Waals surface area contributed by atoms with Crippen LogP contribution in [0.4, 0.5) is 5.69 Å². The second-order valence-corrected chi connectivity index (χ2v) is 9.19. The predicted molar refractivity (Wildman–Crippen MR) is 85.9 cm³/mol. The summed E-state index contributed by atoms with van der Waals surface area (Å²) in [6, 6.07) is 3.00. The number of rotatable bonds is 4. The maximum Gasteiger partial charge on any atom is 0.240 e. The van der Waals surface area contributed by atoms with Crippen molar-refractivity contribution in [2.24, 2.45) is 0 Å². The van der Waals surface area contributed by atoms with Crippen LogP contribution in [0.25, 0.3) is 0 Å². The molecule has 1 aromatic rings. The topological polar surface area (TPSA) is 72.2 Å². The zero-order valence-corrected chi connectivity index (χ0v) is 14.0. The van der Waals surface area contributed by atoms with Gasteiger partial charge < -0.3 is 5.73 Å². The molecule has 0 spiro atoms. The molecule has 0 aliphatic carbocycles. The van der Waals surface area contributed by atoms with Crippen molar-refractivity contribution in [2.75, 3.05) is 18.0 Å². The highest BCUT2D eigenvalue weighted by atomic mass is 35.5. The predicted octanol–water partition coefficient (Wildman–Crippen LogP) is 2.79. The maximum absolute atomic E-state index is 12.4. The number of nitrogens with two attached hydrogens (primary N) is 1.